The van der Waals surface area contributed by atoms with Crippen molar-refractivity contribution < 1.29 is 9.59 Å². The summed E-state index contributed by atoms with van der Waals surface area (Å²) < 4.78 is 0. The van der Waals surface area contributed by atoms with Gasteiger partial charge in [-0.1, -0.05) is 24.8 Å². The van der Waals surface area contributed by atoms with Crippen molar-refractivity contribution in [1.29, 1.82) is 0 Å². The van der Waals surface area contributed by atoms with Gasteiger partial charge in [-0.3, -0.25) is 14.4 Å². The standard InChI is InChI=1S/C17H16N4O3/c1-2-14(22)20-8-11-7-10(20)9-21(11)17(24)15-12-5-3-4-6-13(12)16(23)19-18-15/h2-6,10-11H,1,7-9H2,(H,19,23)/t10-,11-/m0/s1. The van der Waals surface area contributed by atoms with Gasteiger partial charge < -0.3 is 9.80 Å². The first-order valence-corrected chi connectivity index (χ1v) is 7.81. The first-order valence-electron chi connectivity index (χ1n) is 7.81. The van der Waals surface area contributed by atoms with E-state index in [1.165, 1.54) is 6.08 Å². The Kier molecular flexibility index (Phi) is 3.23. The number of fused-ring (bicyclic) bond motifs is 3. The minimum absolute atomic E-state index is 0.0149. The van der Waals surface area contributed by atoms with E-state index in [2.05, 4.69) is 16.8 Å². The fourth-order valence-corrected chi connectivity index (χ4v) is 3.72. The average molecular weight is 324 g/mol. The quantitative estimate of drug-likeness (QED) is 0.817. The molecule has 2 atom stereocenters. The summed E-state index contributed by atoms with van der Waals surface area (Å²) in [6, 6.07) is 6.95. The number of carbonyl (C=O) groups is 2. The molecule has 2 aromatic rings. The van der Waals surface area contributed by atoms with Crippen LogP contribution in [0.1, 0.15) is 16.9 Å². The zero-order valence-corrected chi connectivity index (χ0v) is 12.9. The van der Waals surface area contributed by atoms with E-state index in [4.69, 9.17) is 0 Å². The molecule has 3 heterocycles. The van der Waals surface area contributed by atoms with Gasteiger partial charge in [-0.25, -0.2) is 5.10 Å². The molecule has 0 saturated carbocycles. The van der Waals surface area contributed by atoms with Crippen molar-refractivity contribution >= 4 is 22.6 Å². The molecule has 0 spiro atoms. The highest BCUT2D eigenvalue weighted by Gasteiger charge is 2.47. The number of nitrogens with one attached hydrogen (secondary N) is 1. The third kappa shape index (κ3) is 2.05. The lowest BCUT2D eigenvalue weighted by Gasteiger charge is -2.33. The molecule has 2 saturated heterocycles. The smallest absolute Gasteiger partial charge is 0.275 e. The van der Waals surface area contributed by atoms with E-state index in [0.717, 1.165) is 6.42 Å². The van der Waals surface area contributed by atoms with E-state index < -0.39 is 0 Å². The lowest BCUT2D eigenvalue weighted by Crippen LogP contribution is -2.50. The summed E-state index contributed by atoms with van der Waals surface area (Å²) >= 11 is 0. The normalized spacial score (nSPS) is 22.2. The average Bonchev–Trinajstić information content (AvgIpc) is 3.22. The van der Waals surface area contributed by atoms with Gasteiger partial charge in [0.25, 0.3) is 11.5 Å². The second-order valence-corrected chi connectivity index (χ2v) is 6.14. The van der Waals surface area contributed by atoms with Crippen molar-refractivity contribution in [2.24, 2.45) is 0 Å². The molecule has 0 aliphatic carbocycles. The second kappa shape index (κ2) is 5.30. The summed E-state index contributed by atoms with van der Waals surface area (Å²) in [5.41, 5.74) is -0.0628. The summed E-state index contributed by atoms with van der Waals surface area (Å²) in [4.78, 5) is 40.1. The van der Waals surface area contributed by atoms with Gasteiger partial charge in [0.05, 0.1) is 17.5 Å². The van der Waals surface area contributed by atoms with Crippen LogP contribution in [0.5, 0.6) is 0 Å². The summed E-state index contributed by atoms with van der Waals surface area (Å²) in [6.45, 7) is 4.52. The predicted molar refractivity (Wildman–Crippen MR) is 87.5 cm³/mol. The molecule has 0 radical (unpaired) electrons. The Balaban J connectivity index is 1.65. The van der Waals surface area contributed by atoms with Gasteiger partial charge in [-0.15, -0.1) is 0 Å². The van der Waals surface area contributed by atoms with Gasteiger partial charge in [0.15, 0.2) is 5.69 Å². The number of rotatable bonds is 2. The van der Waals surface area contributed by atoms with Crippen LogP contribution in [0.2, 0.25) is 0 Å². The minimum atomic E-state index is -0.312. The van der Waals surface area contributed by atoms with Gasteiger partial charge in [0, 0.05) is 18.5 Å². The summed E-state index contributed by atoms with van der Waals surface area (Å²) in [5, 5.41) is 7.37. The summed E-state index contributed by atoms with van der Waals surface area (Å²) in [6.07, 6.45) is 2.08. The van der Waals surface area contributed by atoms with Gasteiger partial charge in [-0.05, 0) is 18.6 Å². The Morgan fingerprint density at radius 1 is 1.17 bits per heavy atom. The number of H-pyrrole nitrogens is 1. The topological polar surface area (TPSA) is 86.4 Å². The zero-order chi connectivity index (χ0) is 16.8. The van der Waals surface area contributed by atoms with E-state index in [1.807, 2.05) is 0 Å². The van der Waals surface area contributed by atoms with Gasteiger partial charge in [0.1, 0.15) is 0 Å². The van der Waals surface area contributed by atoms with Crippen LogP contribution in [0.3, 0.4) is 0 Å². The molecule has 2 aliphatic rings. The number of likely N-dealkylation sites (tertiary alicyclic amines) is 2. The van der Waals surface area contributed by atoms with Crippen molar-refractivity contribution in [2.75, 3.05) is 13.1 Å². The van der Waals surface area contributed by atoms with Crippen LogP contribution in [-0.2, 0) is 4.79 Å². The molecule has 7 heteroatoms. The fraction of sp³-hybridized carbons (Fsp3) is 0.294. The largest absolute Gasteiger partial charge is 0.332 e. The van der Waals surface area contributed by atoms with Gasteiger partial charge in [-0.2, -0.15) is 5.10 Å². The number of benzene rings is 1. The second-order valence-electron chi connectivity index (χ2n) is 6.14. The van der Waals surface area contributed by atoms with Crippen LogP contribution in [0.25, 0.3) is 10.8 Å². The third-order valence-electron chi connectivity index (χ3n) is 4.86. The highest BCUT2D eigenvalue weighted by molar-refractivity contribution is 6.05. The molecule has 1 aromatic carbocycles. The number of amides is 2. The molecule has 122 valence electrons. The van der Waals surface area contributed by atoms with Crippen molar-refractivity contribution in [2.45, 2.75) is 18.5 Å². The highest BCUT2D eigenvalue weighted by atomic mass is 16.2. The summed E-state index contributed by atoms with van der Waals surface area (Å²) in [7, 11) is 0. The van der Waals surface area contributed by atoms with Crippen molar-refractivity contribution in [3.05, 3.63) is 53.0 Å². The molecule has 24 heavy (non-hydrogen) atoms. The van der Waals surface area contributed by atoms with Gasteiger partial charge in [0.2, 0.25) is 5.91 Å². The lowest BCUT2D eigenvalue weighted by atomic mass is 10.1. The van der Waals surface area contributed by atoms with Crippen molar-refractivity contribution in [3.8, 4) is 0 Å². The maximum absolute atomic E-state index is 12.9. The Labute approximate surface area is 137 Å². The van der Waals surface area contributed by atoms with E-state index in [1.54, 1.807) is 34.1 Å². The highest BCUT2D eigenvalue weighted by Crippen LogP contribution is 2.32. The molecule has 2 fully saturated rings. The van der Waals surface area contributed by atoms with Crippen molar-refractivity contribution in [1.82, 2.24) is 20.0 Å². The molecular weight excluding hydrogens is 308 g/mol. The Bertz CT molecular complexity index is 919. The van der Waals surface area contributed by atoms with Crippen LogP contribution in [-0.4, -0.2) is 57.0 Å². The number of nitrogens with zero attached hydrogens (tertiary/aromatic N) is 3. The van der Waals surface area contributed by atoms with Crippen LogP contribution < -0.4 is 5.56 Å². The number of carbonyl (C=O) groups excluding carboxylic acids is 2. The van der Waals surface area contributed by atoms with E-state index in [9.17, 15) is 14.4 Å². The number of hydrogen-bond acceptors (Lipinski definition) is 4. The van der Waals surface area contributed by atoms with E-state index >= 15 is 0 Å². The maximum Gasteiger partial charge on any atom is 0.275 e. The lowest BCUT2D eigenvalue weighted by molar-refractivity contribution is -0.128. The minimum Gasteiger partial charge on any atom is -0.332 e. The zero-order valence-electron chi connectivity index (χ0n) is 12.9. The molecule has 2 amide bonds. The summed E-state index contributed by atoms with van der Waals surface area (Å²) in [5.74, 6) is -0.303. The van der Waals surface area contributed by atoms with E-state index in [0.29, 0.717) is 23.9 Å². The molecule has 7 nitrogen and oxygen atoms in total. The Morgan fingerprint density at radius 3 is 2.50 bits per heavy atom. The maximum atomic E-state index is 12.9. The molecule has 2 aliphatic heterocycles. The number of piperazine rings is 1. The van der Waals surface area contributed by atoms with Crippen LogP contribution >= 0.6 is 0 Å². The molecule has 1 aromatic heterocycles. The van der Waals surface area contributed by atoms with Crippen molar-refractivity contribution in [3.63, 3.8) is 0 Å². The number of aromatic amines is 1. The Morgan fingerprint density at radius 2 is 1.83 bits per heavy atom. The SMILES string of the molecule is C=CC(=O)N1C[C@@H]2C[C@H]1CN2C(=O)c1n[nH]c(=O)c2ccccc12. The predicted octanol–water partition coefficient (Wildman–Crippen LogP) is 0.534. The van der Waals surface area contributed by atoms with Crippen LogP contribution in [0, 0.1) is 0 Å². The number of hydrogen-bond donors (Lipinski definition) is 1. The fourth-order valence-electron chi connectivity index (χ4n) is 3.72. The van der Waals surface area contributed by atoms with Crippen LogP contribution in [0.15, 0.2) is 41.7 Å². The van der Waals surface area contributed by atoms with Gasteiger partial charge >= 0.3 is 0 Å². The van der Waals surface area contributed by atoms with Crippen LogP contribution in [0.4, 0.5) is 0 Å². The molecule has 4 rings (SSSR count). The molecule has 1 N–H and O–H groups in total. The first kappa shape index (κ1) is 14.6. The Hall–Kier alpha value is -2.96. The molecule has 0 unspecified atom stereocenters. The van der Waals surface area contributed by atoms with E-state index in [-0.39, 0.29) is 35.2 Å². The molecular formula is C17H16N4O3. The monoisotopic (exact) mass is 324 g/mol. The first-order chi connectivity index (χ1) is 11.6. The number of aromatic nitrogens is 2. The molecule has 2 bridgehead atoms. The third-order valence-corrected chi connectivity index (χ3v) is 4.86.